The van der Waals surface area contributed by atoms with Crippen molar-refractivity contribution in [2.75, 3.05) is 5.32 Å². The Balaban J connectivity index is 1.65. The summed E-state index contributed by atoms with van der Waals surface area (Å²) in [5.41, 5.74) is -1.92. The smallest absolute Gasteiger partial charge is 0.433 e. The van der Waals surface area contributed by atoms with Crippen LogP contribution in [-0.4, -0.2) is 31.1 Å². The molecule has 2 heterocycles. The van der Waals surface area contributed by atoms with Gasteiger partial charge in [-0.3, -0.25) is 4.79 Å². The summed E-state index contributed by atoms with van der Waals surface area (Å²) in [6.07, 6.45) is -1.18. The van der Waals surface area contributed by atoms with E-state index >= 15 is 0 Å². The highest BCUT2D eigenvalue weighted by Crippen LogP contribution is 2.43. The Labute approximate surface area is 195 Å². The third kappa shape index (κ3) is 5.14. The third-order valence-corrected chi connectivity index (χ3v) is 6.73. The van der Waals surface area contributed by atoms with Crippen molar-refractivity contribution in [3.63, 3.8) is 0 Å². The molecule has 0 atom stereocenters. The Hall–Kier alpha value is -3.05. The van der Waals surface area contributed by atoms with Gasteiger partial charge in [0.2, 0.25) is 5.95 Å². The molecule has 0 bridgehead atoms. The number of alkyl halides is 3. The minimum absolute atomic E-state index is 0.0647. The molecule has 0 aliphatic heterocycles. The van der Waals surface area contributed by atoms with Crippen molar-refractivity contribution in [3.05, 3.63) is 52.9 Å². The van der Waals surface area contributed by atoms with Gasteiger partial charge in [0, 0.05) is 22.2 Å². The van der Waals surface area contributed by atoms with Gasteiger partial charge in [-0.15, -0.1) is 11.3 Å². The zero-order valence-corrected chi connectivity index (χ0v) is 17.9. The standard InChI is InChI=1S/C22H21F3N4O3S/c1-12-8-14(10-15(9-12)28-20-26-7-4-17(29-20)22(23,24)25)16-11-27-19(33-16)21(32)5-2-13(3-6-21)18(30)31/h4,7-11,13,32H,2-3,5-6H2,1H3,(H,30,31)(H,26,28,29)/t13-,21-/i1D3. The lowest BCUT2D eigenvalue weighted by Crippen LogP contribution is -2.33. The number of rotatable bonds is 5. The lowest BCUT2D eigenvalue weighted by molar-refractivity contribution is -0.145. The maximum atomic E-state index is 13.0. The number of hydrogen-bond acceptors (Lipinski definition) is 7. The second-order valence-electron chi connectivity index (χ2n) is 7.86. The van der Waals surface area contributed by atoms with E-state index in [-0.39, 0.29) is 30.0 Å². The van der Waals surface area contributed by atoms with Crippen LogP contribution in [0.3, 0.4) is 0 Å². The molecular weight excluding hydrogens is 457 g/mol. The maximum absolute atomic E-state index is 13.0. The molecule has 0 radical (unpaired) electrons. The molecule has 7 nitrogen and oxygen atoms in total. The van der Waals surface area contributed by atoms with Crippen LogP contribution in [0, 0.1) is 12.8 Å². The molecule has 11 heteroatoms. The van der Waals surface area contributed by atoms with Crippen molar-refractivity contribution in [2.24, 2.45) is 5.92 Å². The van der Waals surface area contributed by atoms with Gasteiger partial charge in [-0.25, -0.2) is 15.0 Å². The van der Waals surface area contributed by atoms with E-state index < -0.39 is 36.2 Å². The number of anilines is 2. The van der Waals surface area contributed by atoms with E-state index in [4.69, 9.17) is 4.11 Å². The minimum Gasteiger partial charge on any atom is -0.481 e. The van der Waals surface area contributed by atoms with Crippen LogP contribution < -0.4 is 5.32 Å². The van der Waals surface area contributed by atoms with Crippen molar-refractivity contribution in [1.29, 1.82) is 0 Å². The van der Waals surface area contributed by atoms with E-state index in [1.807, 2.05) is 0 Å². The number of aromatic nitrogens is 3. The SMILES string of the molecule is [2H]C([2H])([2H])c1cc(Nc2nccc(C(F)(F)F)n2)cc(-c2cnc([C@]3(O)CC[C@H](C(=O)O)CC3)s2)c1. The number of aryl methyl sites for hydroxylation is 1. The Morgan fingerprint density at radius 3 is 2.70 bits per heavy atom. The Kier molecular flexibility index (Phi) is 5.13. The molecule has 1 aromatic carbocycles. The molecule has 1 fully saturated rings. The van der Waals surface area contributed by atoms with Crippen molar-refractivity contribution >= 4 is 28.9 Å². The van der Waals surface area contributed by atoms with Gasteiger partial charge in [-0.2, -0.15) is 13.2 Å². The van der Waals surface area contributed by atoms with Crippen LogP contribution in [0.15, 0.2) is 36.7 Å². The number of nitrogens with one attached hydrogen (secondary N) is 1. The number of thiazole rings is 1. The number of carbonyl (C=O) groups is 1. The third-order valence-electron chi connectivity index (χ3n) is 5.49. The number of carboxylic acids is 1. The van der Waals surface area contributed by atoms with Crippen molar-refractivity contribution in [3.8, 4) is 10.4 Å². The summed E-state index contributed by atoms with van der Waals surface area (Å²) >= 11 is 1.14. The number of benzene rings is 1. The molecule has 4 rings (SSSR count). The Morgan fingerprint density at radius 1 is 1.27 bits per heavy atom. The van der Waals surface area contributed by atoms with Crippen LogP contribution in [0.1, 0.15) is 46.1 Å². The van der Waals surface area contributed by atoms with Crippen LogP contribution in [0.2, 0.25) is 0 Å². The first-order chi connectivity index (χ1) is 16.7. The average Bonchev–Trinajstić information content (AvgIpc) is 3.30. The first kappa shape index (κ1) is 19.4. The average molecular weight is 482 g/mol. The topological polar surface area (TPSA) is 108 Å². The van der Waals surface area contributed by atoms with Gasteiger partial charge in [0.05, 0.1) is 10.8 Å². The van der Waals surface area contributed by atoms with Gasteiger partial charge >= 0.3 is 12.1 Å². The molecule has 1 aliphatic rings. The quantitative estimate of drug-likeness (QED) is 0.463. The number of carboxylic acid groups (broad SMARTS) is 1. The number of hydrogen-bond donors (Lipinski definition) is 3. The molecule has 0 unspecified atom stereocenters. The van der Waals surface area contributed by atoms with Crippen LogP contribution in [0.25, 0.3) is 10.4 Å². The van der Waals surface area contributed by atoms with Crippen LogP contribution in [0.5, 0.6) is 0 Å². The molecular formula is C22H21F3N4O3S. The van der Waals surface area contributed by atoms with E-state index in [2.05, 4.69) is 20.3 Å². The largest absolute Gasteiger partial charge is 0.481 e. The van der Waals surface area contributed by atoms with Crippen LogP contribution in [-0.2, 0) is 16.6 Å². The zero-order valence-electron chi connectivity index (χ0n) is 20.1. The van der Waals surface area contributed by atoms with Crippen LogP contribution in [0.4, 0.5) is 24.8 Å². The van der Waals surface area contributed by atoms with Gasteiger partial charge in [0.1, 0.15) is 16.3 Å². The molecule has 3 N–H and O–H groups in total. The maximum Gasteiger partial charge on any atom is 0.433 e. The van der Waals surface area contributed by atoms with E-state index in [1.54, 1.807) is 0 Å². The van der Waals surface area contributed by atoms with Crippen molar-refractivity contribution in [1.82, 2.24) is 15.0 Å². The van der Waals surface area contributed by atoms with E-state index in [1.165, 1.54) is 24.4 Å². The molecule has 33 heavy (non-hydrogen) atoms. The molecule has 1 aliphatic carbocycles. The summed E-state index contributed by atoms with van der Waals surface area (Å²) < 4.78 is 62.4. The number of aliphatic hydroxyl groups is 1. The van der Waals surface area contributed by atoms with E-state index in [9.17, 15) is 28.2 Å². The molecule has 0 saturated heterocycles. The highest BCUT2D eigenvalue weighted by molar-refractivity contribution is 7.15. The Morgan fingerprint density at radius 2 is 2.03 bits per heavy atom. The summed E-state index contributed by atoms with van der Waals surface area (Å²) in [5.74, 6) is -1.77. The zero-order chi connectivity index (χ0) is 26.3. The monoisotopic (exact) mass is 481 g/mol. The fourth-order valence-electron chi connectivity index (χ4n) is 3.73. The molecule has 0 amide bonds. The van der Waals surface area contributed by atoms with Gasteiger partial charge in [-0.05, 0) is 61.9 Å². The summed E-state index contributed by atoms with van der Waals surface area (Å²) in [7, 11) is 0. The lowest BCUT2D eigenvalue weighted by Gasteiger charge is -2.32. The predicted molar refractivity (Wildman–Crippen MR) is 116 cm³/mol. The van der Waals surface area contributed by atoms with Gasteiger partial charge in [0.15, 0.2) is 0 Å². The molecule has 0 spiro atoms. The van der Waals surface area contributed by atoms with Gasteiger partial charge in [-0.1, -0.05) is 6.07 Å². The highest BCUT2D eigenvalue weighted by atomic mass is 32.1. The normalized spacial score (nSPS) is 22.8. The fraction of sp³-hybridized carbons (Fsp3) is 0.364. The summed E-state index contributed by atoms with van der Waals surface area (Å²) in [4.78, 5) is 23.3. The first-order valence-corrected chi connectivity index (χ1v) is 10.8. The number of nitrogens with zero attached hydrogens (tertiary/aromatic N) is 3. The van der Waals surface area contributed by atoms with E-state index in [0.717, 1.165) is 23.6 Å². The van der Waals surface area contributed by atoms with Crippen LogP contribution >= 0.6 is 11.3 Å². The second kappa shape index (κ2) is 8.71. The van der Waals surface area contributed by atoms with Gasteiger partial charge in [0.25, 0.3) is 0 Å². The summed E-state index contributed by atoms with van der Waals surface area (Å²) in [6, 6.07) is 4.96. The van der Waals surface area contributed by atoms with Crippen molar-refractivity contribution in [2.45, 2.75) is 44.3 Å². The molecule has 1 saturated carbocycles. The van der Waals surface area contributed by atoms with Gasteiger partial charge < -0.3 is 15.5 Å². The minimum atomic E-state index is -4.67. The predicted octanol–water partition coefficient (Wildman–Crippen LogP) is 5.13. The lowest BCUT2D eigenvalue weighted by atomic mass is 9.79. The highest BCUT2D eigenvalue weighted by Gasteiger charge is 2.39. The second-order valence-corrected chi connectivity index (χ2v) is 8.89. The van der Waals surface area contributed by atoms with Crippen molar-refractivity contribution < 1.29 is 32.3 Å². The number of halogens is 3. The summed E-state index contributed by atoms with van der Waals surface area (Å²) in [5, 5.41) is 23.3. The molecule has 3 aromatic rings. The van der Waals surface area contributed by atoms with E-state index in [0.29, 0.717) is 28.3 Å². The number of aliphatic carboxylic acids is 1. The first-order valence-electron chi connectivity index (χ1n) is 11.5. The molecule has 2 aromatic heterocycles. The fourth-order valence-corrected chi connectivity index (χ4v) is 4.78. The summed E-state index contributed by atoms with van der Waals surface area (Å²) in [6.45, 7) is -2.51. The molecule has 174 valence electrons. The Bertz CT molecular complexity index is 1280.